The summed E-state index contributed by atoms with van der Waals surface area (Å²) in [5, 5.41) is 9.00. The molecule has 1 atom stereocenters. The van der Waals surface area contributed by atoms with E-state index in [9.17, 15) is 0 Å². The highest BCUT2D eigenvalue weighted by molar-refractivity contribution is 7.80. The lowest BCUT2D eigenvalue weighted by Gasteiger charge is -2.37. The Balaban J connectivity index is 1.66. The van der Waals surface area contributed by atoms with Crippen LogP contribution in [-0.2, 0) is 0 Å². The van der Waals surface area contributed by atoms with Gasteiger partial charge in [-0.3, -0.25) is 4.90 Å². The minimum absolute atomic E-state index is 0.234. The Morgan fingerprint density at radius 2 is 1.71 bits per heavy atom. The summed E-state index contributed by atoms with van der Waals surface area (Å²) >= 11 is 12.0. The van der Waals surface area contributed by atoms with Crippen LogP contribution in [0.4, 0.5) is 5.69 Å². The van der Waals surface area contributed by atoms with Crippen molar-refractivity contribution in [3.05, 3.63) is 106 Å². The summed E-state index contributed by atoms with van der Waals surface area (Å²) in [4.78, 5) is 6.77. The van der Waals surface area contributed by atoms with Crippen LogP contribution in [-0.4, -0.2) is 15.3 Å². The van der Waals surface area contributed by atoms with Crippen molar-refractivity contribution in [3.63, 3.8) is 0 Å². The molecule has 0 saturated carbocycles. The molecule has 0 aliphatic carbocycles. The predicted octanol–water partition coefficient (Wildman–Crippen LogP) is 6.87. The maximum absolute atomic E-state index is 6.18. The topological polar surface area (TPSA) is 54.2 Å². The molecule has 2 heterocycles. The quantitative estimate of drug-likeness (QED) is 0.317. The van der Waals surface area contributed by atoms with Crippen molar-refractivity contribution >= 4 is 40.2 Å². The number of benzene rings is 3. The van der Waals surface area contributed by atoms with Gasteiger partial charge < -0.3 is 9.84 Å². The summed E-state index contributed by atoms with van der Waals surface area (Å²) in [5.41, 5.74) is 6.98. The molecule has 4 aromatic rings. The van der Waals surface area contributed by atoms with Crippen LogP contribution in [0.3, 0.4) is 0 Å². The lowest BCUT2D eigenvalue weighted by molar-refractivity contribution is 0.404. The molecule has 1 aliphatic heterocycles. The summed E-state index contributed by atoms with van der Waals surface area (Å²) in [7, 11) is 0. The maximum atomic E-state index is 6.18. The van der Waals surface area contributed by atoms with Gasteiger partial charge in [-0.25, -0.2) is 0 Å². The van der Waals surface area contributed by atoms with Gasteiger partial charge in [-0.1, -0.05) is 70.9 Å². The molecule has 7 heteroatoms. The number of allylic oxidation sites excluding steroid dienone is 1. The van der Waals surface area contributed by atoms with Gasteiger partial charge in [-0.2, -0.15) is 4.98 Å². The van der Waals surface area contributed by atoms with Crippen LogP contribution in [0.2, 0.25) is 5.02 Å². The molecule has 1 N–H and O–H groups in total. The summed E-state index contributed by atoms with van der Waals surface area (Å²) in [6.07, 6.45) is 0. The van der Waals surface area contributed by atoms with Crippen molar-refractivity contribution in [2.24, 2.45) is 0 Å². The highest BCUT2D eigenvalue weighted by atomic mass is 35.5. The van der Waals surface area contributed by atoms with E-state index in [0.29, 0.717) is 21.9 Å². The van der Waals surface area contributed by atoms with Crippen LogP contribution in [0.15, 0.2) is 83.0 Å². The first-order chi connectivity index (χ1) is 16.4. The molecule has 0 amide bonds. The van der Waals surface area contributed by atoms with Gasteiger partial charge in [0.2, 0.25) is 5.82 Å². The molecule has 3 aromatic carbocycles. The van der Waals surface area contributed by atoms with Crippen molar-refractivity contribution < 1.29 is 4.52 Å². The van der Waals surface area contributed by atoms with Gasteiger partial charge in [0.15, 0.2) is 5.11 Å². The zero-order valence-corrected chi connectivity index (χ0v) is 20.6. The molecule has 1 aromatic heterocycles. The third-order valence-electron chi connectivity index (χ3n) is 5.89. The van der Waals surface area contributed by atoms with E-state index in [1.807, 2.05) is 48.2 Å². The first kappa shape index (κ1) is 22.3. The maximum Gasteiger partial charge on any atom is 0.258 e. The molecule has 0 fully saturated rings. The van der Waals surface area contributed by atoms with E-state index in [1.165, 1.54) is 5.56 Å². The predicted molar refractivity (Wildman–Crippen MR) is 141 cm³/mol. The van der Waals surface area contributed by atoms with Crippen molar-refractivity contribution in [1.82, 2.24) is 15.5 Å². The number of aromatic nitrogens is 2. The largest absolute Gasteiger partial charge is 0.351 e. The fourth-order valence-corrected chi connectivity index (χ4v) is 4.74. The van der Waals surface area contributed by atoms with Gasteiger partial charge in [0.25, 0.3) is 5.89 Å². The zero-order valence-electron chi connectivity index (χ0n) is 19.0. The van der Waals surface area contributed by atoms with Gasteiger partial charge in [-0.05, 0) is 68.4 Å². The van der Waals surface area contributed by atoms with Crippen LogP contribution in [0.25, 0.3) is 17.0 Å². The number of hydrogen-bond acceptors (Lipinski definition) is 4. The van der Waals surface area contributed by atoms with Crippen molar-refractivity contribution in [1.29, 1.82) is 0 Å². The lowest BCUT2D eigenvalue weighted by atomic mass is 9.94. The monoisotopic (exact) mass is 486 g/mol. The number of anilines is 1. The molecule has 1 unspecified atom stereocenters. The molecule has 5 rings (SSSR count). The minimum atomic E-state index is -0.234. The van der Waals surface area contributed by atoms with Crippen LogP contribution in [0, 0.1) is 13.8 Å². The number of rotatable bonds is 4. The Morgan fingerprint density at radius 1 is 0.941 bits per heavy atom. The average Bonchev–Trinajstić information content (AvgIpc) is 3.29. The molecule has 1 aliphatic rings. The Bertz CT molecular complexity index is 1410. The van der Waals surface area contributed by atoms with Gasteiger partial charge >= 0.3 is 0 Å². The van der Waals surface area contributed by atoms with E-state index in [0.717, 1.165) is 33.6 Å². The Labute approximate surface area is 209 Å². The first-order valence-corrected chi connectivity index (χ1v) is 11.7. The number of hydrogen-bond donors (Lipinski definition) is 1. The average molecular weight is 487 g/mol. The van der Waals surface area contributed by atoms with E-state index >= 15 is 0 Å². The molecule has 170 valence electrons. The van der Waals surface area contributed by atoms with Crippen LogP contribution < -0.4 is 10.2 Å². The number of nitrogens with zero attached hydrogens (tertiary/aromatic N) is 3. The normalized spacial score (nSPS) is 16.1. The lowest BCUT2D eigenvalue weighted by Crippen LogP contribution is -2.46. The van der Waals surface area contributed by atoms with Crippen molar-refractivity contribution in [3.8, 4) is 11.4 Å². The first-order valence-electron chi connectivity index (χ1n) is 11.0. The standard InChI is InChI=1S/C27H23ClN4OS/c1-16-10-12-19(13-11-16)24-23(26-30-25(31-33-26)20-7-5-8-21(28)15-20)18(3)32(27(34)29-24)22-9-4-6-17(2)14-22/h4-15,24H,1-3H3,(H,29,34). The minimum Gasteiger partial charge on any atom is -0.351 e. The molecule has 0 saturated heterocycles. The fourth-order valence-electron chi connectivity index (χ4n) is 4.18. The molecule has 0 spiro atoms. The number of thiocarbonyl (C=S) groups is 1. The second-order valence-electron chi connectivity index (χ2n) is 8.40. The van der Waals surface area contributed by atoms with Gasteiger partial charge in [0.1, 0.15) is 0 Å². The van der Waals surface area contributed by atoms with Gasteiger partial charge in [-0.15, -0.1) is 0 Å². The zero-order chi connectivity index (χ0) is 23.8. The number of aryl methyl sites for hydroxylation is 2. The Morgan fingerprint density at radius 3 is 2.44 bits per heavy atom. The molecule has 0 radical (unpaired) electrons. The molecular weight excluding hydrogens is 464 g/mol. The Hall–Kier alpha value is -3.48. The van der Waals surface area contributed by atoms with E-state index in [1.54, 1.807) is 0 Å². The SMILES string of the molecule is CC1=C(c2nc(-c3cccc(Cl)c3)no2)C(c2ccc(C)cc2)NC(=S)N1c1cccc(C)c1. The Kier molecular flexibility index (Phi) is 5.94. The van der Waals surface area contributed by atoms with E-state index in [4.69, 9.17) is 33.3 Å². The fraction of sp³-hybridized carbons (Fsp3) is 0.148. The van der Waals surface area contributed by atoms with Crippen molar-refractivity contribution in [2.45, 2.75) is 26.8 Å². The smallest absolute Gasteiger partial charge is 0.258 e. The van der Waals surface area contributed by atoms with Gasteiger partial charge in [0.05, 0.1) is 11.6 Å². The second kappa shape index (κ2) is 9.05. The van der Waals surface area contributed by atoms with Crippen LogP contribution >= 0.6 is 23.8 Å². The summed E-state index contributed by atoms with van der Waals surface area (Å²) in [6.45, 7) is 6.17. The van der Waals surface area contributed by atoms with E-state index in [-0.39, 0.29) is 6.04 Å². The molecular formula is C27H23ClN4OS. The molecule has 0 bridgehead atoms. The molecule has 5 nitrogen and oxygen atoms in total. The third kappa shape index (κ3) is 4.22. The summed E-state index contributed by atoms with van der Waals surface area (Å²) < 4.78 is 5.82. The highest BCUT2D eigenvalue weighted by Gasteiger charge is 2.34. The number of halogens is 1. The van der Waals surface area contributed by atoms with Crippen molar-refractivity contribution in [2.75, 3.05) is 4.90 Å². The van der Waals surface area contributed by atoms with Crippen LogP contribution in [0.5, 0.6) is 0 Å². The van der Waals surface area contributed by atoms with E-state index in [2.05, 4.69) is 60.7 Å². The van der Waals surface area contributed by atoms with E-state index < -0.39 is 0 Å². The van der Waals surface area contributed by atoms with Crippen LogP contribution in [0.1, 0.15) is 35.5 Å². The summed E-state index contributed by atoms with van der Waals surface area (Å²) in [5.74, 6) is 0.918. The second-order valence-corrected chi connectivity index (χ2v) is 9.22. The number of nitrogens with one attached hydrogen (secondary N) is 1. The summed E-state index contributed by atoms with van der Waals surface area (Å²) in [6, 6.07) is 23.8. The van der Waals surface area contributed by atoms with Gasteiger partial charge in [0, 0.05) is 22.0 Å². The third-order valence-corrected chi connectivity index (χ3v) is 6.43. The molecule has 34 heavy (non-hydrogen) atoms. The highest BCUT2D eigenvalue weighted by Crippen LogP contribution is 2.39.